The minimum Gasteiger partial charge on any atom is -0.349 e. The van der Waals surface area contributed by atoms with E-state index >= 15 is 0 Å². The van der Waals surface area contributed by atoms with E-state index in [2.05, 4.69) is 10.0 Å². The van der Waals surface area contributed by atoms with Crippen molar-refractivity contribution in [2.75, 3.05) is 18.4 Å². The number of sulfone groups is 1. The summed E-state index contributed by atoms with van der Waals surface area (Å²) in [5, 5.41) is 14.4. The van der Waals surface area contributed by atoms with Crippen LogP contribution in [0.5, 0.6) is 0 Å². The summed E-state index contributed by atoms with van der Waals surface area (Å²) in [5.41, 5.74) is 0.875. The molecule has 0 radical (unpaired) electrons. The van der Waals surface area contributed by atoms with E-state index in [1.807, 2.05) is 18.7 Å². The largest absolute Gasteiger partial charge is 0.349 e. The standard InChI is InChI=1S/C27H29FN4O6S3/c1-18(2)25-11-10-24(40(35,36)23-8-6-19(28)7-9-23)17-26(25)41(37,38)30-20-12-14-31(15-13-20)27(39)29-21-4-3-5-22(16-21)32(33)34/h3-11,16-18,20,30H,12-15H2,1-2H3,(H,29,39). The average molecular weight is 621 g/mol. The molecule has 0 unspecified atom stereocenters. The third kappa shape index (κ3) is 7.07. The molecule has 41 heavy (non-hydrogen) atoms. The van der Waals surface area contributed by atoms with Crippen molar-refractivity contribution in [2.45, 2.75) is 53.3 Å². The Kier molecular flexibility index (Phi) is 9.07. The van der Waals surface area contributed by atoms with Gasteiger partial charge in [0.15, 0.2) is 5.11 Å². The van der Waals surface area contributed by atoms with Crippen molar-refractivity contribution in [1.82, 2.24) is 9.62 Å². The molecule has 10 nitrogen and oxygen atoms in total. The SMILES string of the molecule is CC(C)c1ccc(S(=O)(=O)c2ccc(F)cc2)cc1S(=O)(=O)NC1CCN(C(=S)Nc2cccc([N+](=O)[O-])c2)CC1. The van der Waals surface area contributed by atoms with E-state index in [0.717, 1.165) is 30.3 Å². The molecule has 1 aliphatic rings. The van der Waals surface area contributed by atoms with Gasteiger partial charge in [-0.15, -0.1) is 0 Å². The molecule has 0 atom stereocenters. The molecule has 0 bridgehead atoms. The third-order valence-corrected chi connectivity index (χ3v) is 10.4. The summed E-state index contributed by atoms with van der Waals surface area (Å²) in [7, 11) is -8.20. The highest BCUT2D eigenvalue weighted by molar-refractivity contribution is 7.91. The molecule has 4 rings (SSSR count). The smallest absolute Gasteiger partial charge is 0.271 e. The topological polar surface area (TPSA) is 139 Å². The van der Waals surface area contributed by atoms with Crippen LogP contribution in [0.3, 0.4) is 0 Å². The van der Waals surface area contributed by atoms with Gasteiger partial charge in [0.25, 0.3) is 5.69 Å². The Morgan fingerprint density at radius 1 is 1.00 bits per heavy atom. The first-order valence-corrected chi connectivity index (χ1v) is 16.1. The highest BCUT2D eigenvalue weighted by atomic mass is 32.2. The van der Waals surface area contributed by atoms with Crippen LogP contribution in [-0.2, 0) is 19.9 Å². The zero-order valence-electron chi connectivity index (χ0n) is 22.3. The second-order valence-corrected chi connectivity index (χ2v) is 14.0. The Labute approximate surface area is 243 Å². The molecule has 1 aliphatic heterocycles. The normalized spacial score (nSPS) is 14.7. The van der Waals surface area contributed by atoms with E-state index in [-0.39, 0.29) is 26.3 Å². The lowest BCUT2D eigenvalue weighted by Gasteiger charge is -2.34. The van der Waals surface area contributed by atoms with Crippen molar-refractivity contribution >= 4 is 48.6 Å². The van der Waals surface area contributed by atoms with Crippen molar-refractivity contribution < 1.29 is 26.1 Å². The zero-order valence-corrected chi connectivity index (χ0v) is 24.7. The van der Waals surface area contributed by atoms with Crippen LogP contribution in [0.1, 0.15) is 38.2 Å². The van der Waals surface area contributed by atoms with E-state index in [1.54, 1.807) is 12.1 Å². The van der Waals surface area contributed by atoms with Crippen LogP contribution in [0.2, 0.25) is 0 Å². The summed E-state index contributed by atoms with van der Waals surface area (Å²) in [6.45, 7) is 4.50. The number of thiocarbonyl (C=S) groups is 1. The van der Waals surface area contributed by atoms with Crippen molar-refractivity contribution in [2.24, 2.45) is 0 Å². The maximum Gasteiger partial charge on any atom is 0.271 e. The highest BCUT2D eigenvalue weighted by Gasteiger charge is 2.29. The van der Waals surface area contributed by atoms with Gasteiger partial charge in [-0.1, -0.05) is 26.0 Å². The number of benzene rings is 3. The Morgan fingerprint density at radius 3 is 2.24 bits per heavy atom. The molecule has 1 heterocycles. The minimum atomic E-state index is -4.11. The summed E-state index contributed by atoms with van der Waals surface area (Å²) >= 11 is 5.46. The molecule has 0 saturated carbocycles. The van der Waals surface area contributed by atoms with Gasteiger partial charge in [0.2, 0.25) is 19.9 Å². The van der Waals surface area contributed by atoms with Gasteiger partial charge in [0.1, 0.15) is 5.82 Å². The van der Waals surface area contributed by atoms with E-state index in [0.29, 0.717) is 42.3 Å². The molecule has 1 fully saturated rings. The fraction of sp³-hybridized carbons (Fsp3) is 0.296. The van der Waals surface area contributed by atoms with E-state index < -0.39 is 36.6 Å². The predicted molar refractivity (Wildman–Crippen MR) is 157 cm³/mol. The number of nitrogens with zero attached hydrogens (tertiary/aromatic N) is 2. The van der Waals surface area contributed by atoms with Crippen LogP contribution in [-0.4, -0.2) is 50.9 Å². The number of nitro groups is 1. The molecule has 2 N–H and O–H groups in total. The van der Waals surface area contributed by atoms with Gasteiger partial charge >= 0.3 is 0 Å². The van der Waals surface area contributed by atoms with Crippen molar-refractivity contribution in [3.05, 3.63) is 88.2 Å². The molecule has 0 amide bonds. The van der Waals surface area contributed by atoms with Gasteiger partial charge in [0.05, 0.1) is 19.6 Å². The lowest BCUT2D eigenvalue weighted by molar-refractivity contribution is -0.384. The van der Waals surface area contributed by atoms with Crippen LogP contribution in [0.4, 0.5) is 15.8 Å². The first-order valence-electron chi connectivity index (χ1n) is 12.8. The van der Waals surface area contributed by atoms with Crippen molar-refractivity contribution in [1.29, 1.82) is 0 Å². The molecule has 218 valence electrons. The van der Waals surface area contributed by atoms with Gasteiger partial charge in [-0.05, 0) is 79.0 Å². The second-order valence-electron chi connectivity index (χ2n) is 9.93. The Bertz CT molecular complexity index is 1670. The van der Waals surface area contributed by atoms with Crippen LogP contribution in [0, 0.1) is 15.9 Å². The number of non-ortho nitro benzene ring substituents is 1. The van der Waals surface area contributed by atoms with Gasteiger partial charge in [-0.2, -0.15) is 0 Å². The number of nitro benzene ring substituents is 1. The molecule has 14 heteroatoms. The fourth-order valence-electron chi connectivity index (χ4n) is 4.52. The second kappa shape index (κ2) is 12.2. The van der Waals surface area contributed by atoms with Crippen LogP contribution < -0.4 is 10.0 Å². The summed E-state index contributed by atoms with van der Waals surface area (Å²) in [5.74, 6) is -0.790. The van der Waals surface area contributed by atoms with Crippen molar-refractivity contribution in [3.63, 3.8) is 0 Å². The Hall–Kier alpha value is -3.46. The predicted octanol–water partition coefficient (Wildman–Crippen LogP) is 4.83. The number of hydrogen-bond acceptors (Lipinski definition) is 7. The number of likely N-dealkylation sites (tertiary alicyclic amines) is 1. The molecule has 0 spiro atoms. The number of rotatable bonds is 8. The Morgan fingerprint density at radius 2 is 1.63 bits per heavy atom. The number of hydrogen-bond donors (Lipinski definition) is 2. The fourth-order valence-corrected chi connectivity index (χ4v) is 7.88. The zero-order chi connectivity index (χ0) is 29.9. The first kappa shape index (κ1) is 30.5. The van der Waals surface area contributed by atoms with Crippen molar-refractivity contribution in [3.8, 4) is 0 Å². The lowest BCUT2D eigenvalue weighted by Crippen LogP contribution is -2.47. The molecule has 0 aliphatic carbocycles. The maximum absolute atomic E-state index is 13.6. The molecular weight excluding hydrogens is 592 g/mol. The van der Waals surface area contributed by atoms with Gasteiger partial charge in [-0.25, -0.2) is 25.9 Å². The number of anilines is 1. The quantitative estimate of drug-likeness (QED) is 0.157. The summed E-state index contributed by atoms with van der Waals surface area (Å²) in [6.07, 6.45) is 0.862. The molecular formula is C27H29FN4O6S3. The number of halogens is 1. The third-order valence-electron chi connectivity index (χ3n) is 6.74. The number of sulfonamides is 1. The van der Waals surface area contributed by atoms with E-state index in [1.165, 1.54) is 24.3 Å². The Balaban J connectivity index is 1.48. The van der Waals surface area contributed by atoms with Gasteiger partial charge in [-0.3, -0.25) is 10.1 Å². The minimum absolute atomic E-state index is 0.0683. The first-order chi connectivity index (χ1) is 19.3. The van der Waals surface area contributed by atoms with Crippen LogP contribution >= 0.6 is 12.2 Å². The van der Waals surface area contributed by atoms with E-state index in [9.17, 15) is 31.3 Å². The molecule has 3 aromatic rings. The molecule has 3 aromatic carbocycles. The summed E-state index contributed by atoms with van der Waals surface area (Å²) < 4.78 is 69.6. The number of piperidine rings is 1. The summed E-state index contributed by atoms with van der Waals surface area (Å²) in [6, 6.07) is 13.9. The molecule has 0 aromatic heterocycles. The van der Waals surface area contributed by atoms with E-state index in [4.69, 9.17) is 12.2 Å². The maximum atomic E-state index is 13.6. The van der Waals surface area contributed by atoms with Crippen LogP contribution in [0.25, 0.3) is 0 Å². The number of nitrogens with one attached hydrogen (secondary N) is 2. The van der Waals surface area contributed by atoms with Gasteiger partial charge in [0, 0.05) is 37.0 Å². The summed E-state index contributed by atoms with van der Waals surface area (Å²) in [4.78, 5) is 11.9. The van der Waals surface area contributed by atoms with Crippen LogP contribution in [0.15, 0.2) is 81.4 Å². The van der Waals surface area contributed by atoms with Gasteiger partial charge < -0.3 is 10.2 Å². The monoisotopic (exact) mass is 620 g/mol. The average Bonchev–Trinajstić information content (AvgIpc) is 2.93. The highest BCUT2D eigenvalue weighted by Crippen LogP contribution is 2.30. The molecule has 1 saturated heterocycles. The lowest BCUT2D eigenvalue weighted by atomic mass is 10.0.